The van der Waals surface area contributed by atoms with Crippen LogP contribution in [0.3, 0.4) is 0 Å². The first-order valence-corrected chi connectivity index (χ1v) is 7.31. The summed E-state index contributed by atoms with van der Waals surface area (Å²) < 4.78 is 15.8. The van der Waals surface area contributed by atoms with E-state index in [1.165, 1.54) is 0 Å². The molecule has 0 amide bonds. The van der Waals surface area contributed by atoms with Gasteiger partial charge in [0.05, 0.1) is 10.0 Å². The molecule has 7 heteroatoms. The SMILES string of the molecule is Clc1ccc(OCOCOc2cc(Cl)ccc2Cl)c(Cl)c1. The molecule has 0 unspecified atom stereocenters. The second-order valence-electron chi connectivity index (χ2n) is 3.88. The van der Waals surface area contributed by atoms with Crippen LogP contribution >= 0.6 is 46.4 Å². The van der Waals surface area contributed by atoms with Crippen molar-refractivity contribution >= 4 is 46.4 Å². The van der Waals surface area contributed by atoms with Gasteiger partial charge in [0, 0.05) is 16.1 Å². The van der Waals surface area contributed by atoms with Gasteiger partial charge in [0.2, 0.25) is 0 Å². The minimum Gasteiger partial charge on any atom is -0.466 e. The number of hydrogen-bond acceptors (Lipinski definition) is 3. The highest BCUT2D eigenvalue weighted by molar-refractivity contribution is 6.35. The quantitative estimate of drug-likeness (QED) is 0.484. The zero-order chi connectivity index (χ0) is 15.2. The Morgan fingerprint density at radius 3 is 2.00 bits per heavy atom. The van der Waals surface area contributed by atoms with Crippen molar-refractivity contribution in [2.75, 3.05) is 13.6 Å². The van der Waals surface area contributed by atoms with Crippen molar-refractivity contribution in [2.45, 2.75) is 0 Å². The first-order chi connectivity index (χ1) is 10.1. The Balaban J connectivity index is 1.76. The molecule has 0 fully saturated rings. The summed E-state index contributed by atoms with van der Waals surface area (Å²) in [5, 5.41) is 1.92. The van der Waals surface area contributed by atoms with Crippen molar-refractivity contribution in [2.24, 2.45) is 0 Å². The summed E-state index contributed by atoms with van der Waals surface area (Å²) in [6, 6.07) is 9.82. The van der Waals surface area contributed by atoms with Crippen LogP contribution in [0.2, 0.25) is 20.1 Å². The summed E-state index contributed by atoms with van der Waals surface area (Å²) in [7, 11) is 0. The smallest absolute Gasteiger partial charge is 0.192 e. The fourth-order valence-electron chi connectivity index (χ4n) is 1.42. The number of ether oxygens (including phenoxy) is 3. The van der Waals surface area contributed by atoms with Gasteiger partial charge in [-0.05, 0) is 30.3 Å². The minimum atomic E-state index is -0.0364. The predicted molar refractivity (Wildman–Crippen MR) is 85.0 cm³/mol. The van der Waals surface area contributed by atoms with E-state index in [0.717, 1.165) is 0 Å². The molecule has 21 heavy (non-hydrogen) atoms. The average molecular weight is 368 g/mol. The number of halogens is 4. The van der Waals surface area contributed by atoms with E-state index in [9.17, 15) is 0 Å². The maximum atomic E-state index is 5.95. The molecule has 0 saturated heterocycles. The molecular formula is C14H10Cl4O3. The Labute approximate surface area is 142 Å². The third-order valence-electron chi connectivity index (χ3n) is 2.38. The van der Waals surface area contributed by atoms with Gasteiger partial charge < -0.3 is 14.2 Å². The van der Waals surface area contributed by atoms with Crippen LogP contribution in [0, 0.1) is 0 Å². The predicted octanol–water partition coefficient (Wildman–Crippen LogP) is 5.69. The molecular weight excluding hydrogens is 358 g/mol. The van der Waals surface area contributed by atoms with Crippen LogP contribution in [-0.2, 0) is 4.74 Å². The van der Waals surface area contributed by atoms with E-state index in [4.69, 9.17) is 60.6 Å². The lowest BCUT2D eigenvalue weighted by Gasteiger charge is -2.11. The van der Waals surface area contributed by atoms with Gasteiger partial charge in [-0.1, -0.05) is 46.4 Å². The summed E-state index contributed by atoms with van der Waals surface area (Å²) in [5.41, 5.74) is 0. The zero-order valence-corrected chi connectivity index (χ0v) is 13.6. The van der Waals surface area contributed by atoms with Gasteiger partial charge in [-0.25, -0.2) is 0 Å². The van der Waals surface area contributed by atoms with Crippen molar-refractivity contribution in [1.82, 2.24) is 0 Å². The molecule has 0 spiro atoms. The monoisotopic (exact) mass is 366 g/mol. The molecule has 112 valence electrons. The van der Waals surface area contributed by atoms with Crippen molar-refractivity contribution in [3.8, 4) is 11.5 Å². The number of benzene rings is 2. The summed E-state index contributed by atoms with van der Waals surface area (Å²) in [4.78, 5) is 0. The van der Waals surface area contributed by atoms with Gasteiger partial charge in [0.15, 0.2) is 13.6 Å². The Kier molecular flexibility index (Phi) is 6.27. The first kappa shape index (κ1) is 16.5. The van der Waals surface area contributed by atoms with Crippen molar-refractivity contribution in [1.29, 1.82) is 0 Å². The van der Waals surface area contributed by atoms with Crippen molar-refractivity contribution in [3.05, 3.63) is 56.5 Å². The van der Waals surface area contributed by atoms with E-state index < -0.39 is 0 Å². The molecule has 0 saturated carbocycles. The molecule has 0 aliphatic rings. The highest BCUT2D eigenvalue weighted by Crippen LogP contribution is 2.28. The van der Waals surface area contributed by atoms with E-state index in [1.807, 2.05) is 0 Å². The highest BCUT2D eigenvalue weighted by Gasteiger charge is 2.04. The molecule has 0 bridgehead atoms. The molecule has 0 N–H and O–H groups in total. The molecule has 3 nitrogen and oxygen atoms in total. The van der Waals surface area contributed by atoms with Gasteiger partial charge in [-0.3, -0.25) is 0 Å². The van der Waals surface area contributed by atoms with Gasteiger partial charge in [0.25, 0.3) is 0 Å². The maximum Gasteiger partial charge on any atom is 0.192 e. The van der Waals surface area contributed by atoms with E-state index >= 15 is 0 Å². The lowest BCUT2D eigenvalue weighted by atomic mass is 10.3. The van der Waals surface area contributed by atoms with Crippen LogP contribution in [-0.4, -0.2) is 13.6 Å². The van der Waals surface area contributed by atoms with Crippen LogP contribution < -0.4 is 9.47 Å². The van der Waals surface area contributed by atoms with Crippen LogP contribution in [0.4, 0.5) is 0 Å². The van der Waals surface area contributed by atoms with Crippen LogP contribution in [0.5, 0.6) is 11.5 Å². The molecule has 0 heterocycles. The van der Waals surface area contributed by atoms with Crippen molar-refractivity contribution in [3.63, 3.8) is 0 Å². The van der Waals surface area contributed by atoms with E-state index in [0.29, 0.717) is 31.6 Å². The number of hydrogen-bond donors (Lipinski definition) is 0. The summed E-state index contributed by atoms with van der Waals surface area (Å²) in [5.74, 6) is 0.913. The molecule has 2 rings (SSSR count). The van der Waals surface area contributed by atoms with Gasteiger partial charge >= 0.3 is 0 Å². The Morgan fingerprint density at radius 1 is 0.667 bits per heavy atom. The third kappa shape index (κ3) is 5.13. The molecule has 0 atom stereocenters. The molecule has 0 aromatic heterocycles. The fourth-order valence-corrected chi connectivity index (χ4v) is 2.22. The summed E-state index contributed by atoms with van der Waals surface area (Å²) in [6.45, 7) is -0.0647. The average Bonchev–Trinajstić information content (AvgIpc) is 2.44. The van der Waals surface area contributed by atoms with Gasteiger partial charge in [0.1, 0.15) is 11.5 Å². The van der Waals surface area contributed by atoms with Crippen LogP contribution in [0.15, 0.2) is 36.4 Å². The molecule has 2 aromatic carbocycles. The maximum absolute atomic E-state index is 5.95. The minimum absolute atomic E-state index is 0.0282. The zero-order valence-electron chi connectivity index (χ0n) is 10.6. The third-order valence-corrected chi connectivity index (χ3v) is 3.46. The second kappa shape index (κ2) is 7.97. The Bertz CT molecular complexity index is 619. The lowest BCUT2D eigenvalue weighted by Crippen LogP contribution is -2.09. The van der Waals surface area contributed by atoms with Crippen LogP contribution in [0.25, 0.3) is 0 Å². The van der Waals surface area contributed by atoms with E-state index in [1.54, 1.807) is 36.4 Å². The topological polar surface area (TPSA) is 27.7 Å². The van der Waals surface area contributed by atoms with E-state index in [2.05, 4.69) is 0 Å². The second-order valence-corrected chi connectivity index (χ2v) is 5.57. The fraction of sp³-hybridized carbons (Fsp3) is 0.143. The summed E-state index contributed by atoms with van der Waals surface area (Å²) >= 11 is 23.5. The summed E-state index contributed by atoms with van der Waals surface area (Å²) in [6.07, 6.45) is 0. The molecule has 0 radical (unpaired) electrons. The van der Waals surface area contributed by atoms with E-state index in [-0.39, 0.29) is 13.6 Å². The lowest BCUT2D eigenvalue weighted by molar-refractivity contribution is -0.0536. The largest absolute Gasteiger partial charge is 0.466 e. The van der Waals surface area contributed by atoms with Gasteiger partial charge in [-0.15, -0.1) is 0 Å². The normalized spacial score (nSPS) is 10.5. The standard InChI is InChI=1S/C14H10Cl4O3/c15-9-2-4-13(12(18)5-9)20-7-19-8-21-14-6-10(16)1-3-11(14)17/h1-6H,7-8H2. The van der Waals surface area contributed by atoms with Crippen LogP contribution in [0.1, 0.15) is 0 Å². The van der Waals surface area contributed by atoms with Gasteiger partial charge in [-0.2, -0.15) is 0 Å². The first-order valence-electron chi connectivity index (χ1n) is 5.79. The molecule has 2 aromatic rings. The molecule has 0 aliphatic heterocycles. The van der Waals surface area contributed by atoms with Crippen molar-refractivity contribution < 1.29 is 14.2 Å². The highest BCUT2D eigenvalue weighted by atomic mass is 35.5. The molecule has 0 aliphatic carbocycles. The number of rotatable bonds is 6. The Hall–Kier alpha value is -0.840. The Morgan fingerprint density at radius 2 is 1.29 bits per heavy atom.